The molecule has 1 aromatic carbocycles. The summed E-state index contributed by atoms with van der Waals surface area (Å²) >= 11 is 1.35. The topological polar surface area (TPSA) is 54.4 Å². The Balaban J connectivity index is 2.34. The van der Waals surface area contributed by atoms with E-state index in [0.717, 1.165) is 0 Å². The summed E-state index contributed by atoms with van der Waals surface area (Å²) < 4.78 is 0. The van der Waals surface area contributed by atoms with Crippen LogP contribution in [0.5, 0.6) is 0 Å². The average molecular weight is 262 g/mol. The third-order valence-electron chi connectivity index (χ3n) is 2.85. The van der Waals surface area contributed by atoms with Crippen molar-refractivity contribution in [3.05, 3.63) is 45.9 Å². The number of carbonyl (C=O) groups excluding carboxylic acids is 2. The number of rotatable bonds is 4. The first kappa shape index (κ1) is 13.1. The highest BCUT2D eigenvalue weighted by atomic mass is 32.2. The van der Waals surface area contributed by atoms with Crippen molar-refractivity contribution in [3.8, 4) is 0 Å². The standard InChI is InChI=1S/C14H14O3S/c1-9-12(16)10-5-2-3-6-11(10)13(17)14(9)18-8-4-7-15/h2-3,5-6,15H,4,7-8H2,1H3. The van der Waals surface area contributed by atoms with Crippen molar-refractivity contribution in [3.63, 3.8) is 0 Å². The van der Waals surface area contributed by atoms with E-state index in [2.05, 4.69) is 0 Å². The highest BCUT2D eigenvalue weighted by molar-refractivity contribution is 8.04. The van der Waals surface area contributed by atoms with Gasteiger partial charge < -0.3 is 5.11 Å². The normalized spacial score (nSPS) is 15.0. The Morgan fingerprint density at radius 2 is 1.72 bits per heavy atom. The van der Waals surface area contributed by atoms with Crippen LogP contribution in [0.1, 0.15) is 34.1 Å². The number of ketones is 2. The van der Waals surface area contributed by atoms with Crippen molar-refractivity contribution in [2.24, 2.45) is 0 Å². The maximum atomic E-state index is 12.3. The molecule has 0 fully saturated rings. The summed E-state index contributed by atoms with van der Waals surface area (Å²) in [4.78, 5) is 24.9. The van der Waals surface area contributed by atoms with Gasteiger partial charge >= 0.3 is 0 Å². The molecule has 0 heterocycles. The average Bonchev–Trinajstić information content (AvgIpc) is 2.40. The van der Waals surface area contributed by atoms with Gasteiger partial charge in [0, 0.05) is 29.1 Å². The zero-order valence-electron chi connectivity index (χ0n) is 10.1. The number of hydrogen-bond donors (Lipinski definition) is 1. The van der Waals surface area contributed by atoms with Crippen LogP contribution in [0.3, 0.4) is 0 Å². The van der Waals surface area contributed by atoms with Crippen molar-refractivity contribution >= 4 is 23.3 Å². The van der Waals surface area contributed by atoms with Crippen LogP contribution < -0.4 is 0 Å². The molecule has 0 radical (unpaired) electrons. The van der Waals surface area contributed by atoms with E-state index < -0.39 is 0 Å². The Morgan fingerprint density at radius 1 is 1.11 bits per heavy atom. The van der Waals surface area contributed by atoms with Crippen molar-refractivity contribution in [1.82, 2.24) is 0 Å². The second-order valence-electron chi connectivity index (χ2n) is 4.08. The zero-order valence-corrected chi connectivity index (χ0v) is 10.9. The monoisotopic (exact) mass is 262 g/mol. The number of aliphatic hydroxyl groups excluding tert-OH is 1. The summed E-state index contributed by atoms with van der Waals surface area (Å²) in [5.74, 6) is 0.493. The first-order valence-electron chi connectivity index (χ1n) is 5.79. The summed E-state index contributed by atoms with van der Waals surface area (Å²) in [5, 5.41) is 8.76. The predicted octanol–water partition coefficient (Wildman–Crippen LogP) is 2.46. The van der Waals surface area contributed by atoms with E-state index in [1.807, 2.05) is 0 Å². The van der Waals surface area contributed by atoms with Gasteiger partial charge in [0.15, 0.2) is 11.6 Å². The van der Waals surface area contributed by atoms with Crippen LogP contribution in [0.15, 0.2) is 34.7 Å². The molecule has 0 spiro atoms. The maximum absolute atomic E-state index is 12.3. The van der Waals surface area contributed by atoms with Crippen molar-refractivity contribution in [2.45, 2.75) is 13.3 Å². The van der Waals surface area contributed by atoms with Gasteiger partial charge in [0.05, 0.1) is 4.91 Å². The molecule has 4 heteroatoms. The van der Waals surface area contributed by atoms with Gasteiger partial charge in [-0.05, 0) is 13.3 Å². The Kier molecular flexibility index (Phi) is 3.99. The van der Waals surface area contributed by atoms with Gasteiger partial charge in [0.1, 0.15) is 0 Å². The van der Waals surface area contributed by atoms with E-state index in [1.165, 1.54) is 11.8 Å². The molecule has 0 saturated heterocycles. The van der Waals surface area contributed by atoms with Gasteiger partial charge in [0.2, 0.25) is 0 Å². The summed E-state index contributed by atoms with van der Waals surface area (Å²) in [6.45, 7) is 1.79. The first-order chi connectivity index (χ1) is 8.66. The van der Waals surface area contributed by atoms with Gasteiger partial charge in [0.25, 0.3) is 0 Å². The Bertz CT molecular complexity index is 532. The maximum Gasteiger partial charge on any atom is 0.200 e. The Morgan fingerprint density at radius 3 is 2.33 bits per heavy atom. The van der Waals surface area contributed by atoms with Crippen LogP contribution in [0.2, 0.25) is 0 Å². The molecule has 1 aliphatic carbocycles. The fraction of sp³-hybridized carbons (Fsp3) is 0.286. The Hall–Kier alpha value is -1.39. The van der Waals surface area contributed by atoms with Crippen LogP contribution >= 0.6 is 11.8 Å². The first-order valence-corrected chi connectivity index (χ1v) is 6.78. The molecule has 0 saturated carbocycles. The number of aliphatic hydroxyl groups is 1. The van der Waals surface area contributed by atoms with E-state index in [1.54, 1.807) is 31.2 Å². The number of benzene rings is 1. The highest BCUT2D eigenvalue weighted by Crippen LogP contribution is 2.32. The minimum absolute atomic E-state index is 0.0725. The molecular formula is C14H14O3S. The molecule has 2 rings (SSSR count). The van der Waals surface area contributed by atoms with E-state index in [4.69, 9.17) is 5.11 Å². The third-order valence-corrected chi connectivity index (χ3v) is 4.13. The summed E-state index contributed by atoms with van der Waals surface area (Å²) in [7, 11) is 0. The molecule has 3 nitrogen and oxygen atoms in total. The van der Waals surface area contributed by atoms with Crippen molar-refractivity contribution in [2.75, 3.05) is 12.4 Å². The lowest BCUT2D eigenvalue weighted by atomic mass is 9.90. The van der Waals surface area contributed by atoms with E-state index >= 15 is 0 Å². The Labute approximate surface area is 110 Å². The van der Waals surface area contributed by atoms with Crippen molar-refractivity contribution in [1.29, 1.82) is 0 Å². The van der Waals surface area contributed by atoms with Gasteiger partial charge in [-0.1, -0.05) is 24.3 Å². The smallest absolute Gasteiger partial charge is 0.200 e. The minimum atomic E-state index is -0.0781. The summed E-state index contributed by atoms with van der Waals surface area (Å²) in [6, 6.07) is 6.91. The summed E-state index contributed by atoms with van der Waals surface area (Å²) in [5.41, 5.74) is 1.49. The molecule has 0 aliphatic heterocycles. The minimum Gasteiger partial charge on any atom is -0.396 e. The van der Waals surface area contributed by atoms with Gasteiger partial charge in [-0.15, -0.1) is 11.8 Å². The van der Waals surface area contributed by atoms with E-state index in [-0.39, 0.29) is 18.2 Å². The molecule has 0 bridgehead atoms. The quantitative estimate of drug-likeness (QED) is 0.847. The SMILES string of the molecule is CC1=C(SCCCO)C(=O)c2ccccc2C1=O. The molecule has 1 aromatic rings. The molecule has 1 aliphatic rings. The third kappa shape index (κ3) is 2.26. The van der Waals surface area contributed by atoms with Crippen LogP contribution in [-0.2, 0) is 0 Å². The van der Waals surface area contributed by atoms with Crippen LogP contribution in [0.25, 0.3) is 0 Å². The van der Waals surface area contributed by atoms with Gasteiger partial charge in [-0.25, -0.2) is 0 Å². The molecule has 0 amide bonds. The highest BCUT2D eigenvalue weighted by Gasteiger charge is 2.29. The van der Waals surface area contributed by atoms with E-state index in [9.17, 15) is 9.59 Å². The molecule has 1 N–H and O–H groups in total. The van der Waals surface area contributed by atoms with Crippen molar-refractivity contribution < 1.29 is 14.7 Å². The number of allylic oxidation sites excluding steroid dienone is 2. The molecule has 0 atom stereocenters. The van der Waals surface area contributed by atoms with Crippen LogP contribution in [0, 0.1) is 0 Å². The zero-order chi connectivity index (χ0) is 13.1. The fourth-order valence-electron chi connectivity index (χ4n) is 1.89. The van der Waals surface area contributed by atoms with Crippen LogP contribution in [0.4, 0.5) is 0 Å². The number of fused-ring (bicyclic) bond motifs is 1. The van der Waals surface area contributed by atoms with E-state index in [0.29, 0.717) is 33.8 Å². The molecule has 0 aromatic heterocycles. The lowest BCUT2D eigenvalue weighted by molar-refractivity contribution is 0.0981. The van der Waals surface area contributed by atoms with Crippen LogP contribution in [-0.4, -0.2) is 29.0 Å². The second-order valence-corrected chi connectivity index (χ2v) is 5.19. The lowest BCUT2D eigenvalue weighted by Gasteiger charge is -2.18. The summed E-state index contributed by atoms with van der Waals surface area (Å²) in [6.07, 6.45) is 0.616. The number of thioether (sulfide) groups is 1. The fourth-order valence-corrected chi connectivity index (χ4v) is 2.92. The molecule has 94 valence electrons. The predicted molar refractivity (Wildman–Crippen MR) is 72.0 cm³/mol. The largest absolute Gasteiger partial charge is 0.396 e. The molecular weight excluding hydrogens is 248 g/mol. The van der Waals surface area contributed by atoms with Gasteiger partial charge in [-0.2, -0.15) is 0 Å². The lowest BCUT2D eigenvalue weighted by Crippen LogP contribution is -2.19. The number of hydrogen-bond acceptors (Lipinski definition) is 4. The number of carbonyl (C=O) groups is 2. The van der Waals surface area contributed by atoms with Gasteiger partial charge in [-0.3, -0.25) is 9.59 Å². The second kappa shape index (κ2) is 5.50. The number of Topliss-reactive ketones (excluding diaryl/α,β-unsaturated/α-hetero) is 2. The molecule has 0 unspecified atom stereocenters. The molecule has 18 heavy (non-hydrogen) atoms.